The highest BCUT2D eigenvalue weighted by Gasteiger charge is 2.18. The van der Waals surface area contributed by atoms with Crippen molar-refractivity contribution in [2.45, 2.75) is 31.6 Å². The number of rotatable bonds is 9. The van der Waals surface area contributed by atoms with Crippen LogP contribution in [0.25, 0.3) is 22.0 Å². The van der Waals surface area contributed by atoms with Gasteiger partial charge in [-0.05, 0) is 49.2 Å². The highest BCUT2D eigenvalue weighted by molar-refractivity contribution is 7.86. The zero-order chi connectivity index (χ0) is 26.6. The Kier molecular flexibility index (Phi) is 7.61. The monoisotopic (exact) mass is 518 g/mol. The number of anilines is 1. The van der Waals surface area contributed by atoms with Crippen LogP contribution in [0, 0.1) is 6.92 Å². The van der Waals surface area contributed by atoms with Gasteiger partial charge in [0.05, 0.1) is 29.7 Å². The highest BCUT2D eigenvalue weighted by atomic mass is 32.2. The van der Waals surface area contributed by atoms with Crippen molar-refractivity contribution < 1.29 is 22.5 Å². The average molecular weight is 519 g/mol. The molecule has 3 aromatic carbocycles. The molecule has 0 aliphatic rings. The third-order valence-corrected chi connectivity index (χ3v) is 6.63. The normalized spacial score (nSPS) is 11.8. The maximum atomic E-state index is 11.9. The Morgan fingerprint density at radius 1 is 1.08 bits per heavy atom. The number of nitrogen functional groups attached to an aromatic ring is 1. The molecule has 1 heterocycles. The van der Waals surface area contributed by atoms with E-state index in [1.54, 1.807) is 42.5 Å². The number of hydrogen-bond acceptors (Lipinski definition) is 8. The summed E-state index contributed by atoms with van der Waals surface area (Å²) in [6.45, 7) is 4.44. The molecule has 4 rings (SSSR count). The minimum atomic E-state index is -4.52. The van der Waals surface area contributed by atoms with E-state index in [1.165, 1.54) is 12.3 Å². The van der Waals surface area contributed by atoms with Crippen LogP contribution in [0.2, 0.25) is 0 Å². The Hall–Kier alpha value is -4.15. The fourth-order valence-corrected chi connectivity index (χ4v) is 4.64. The lowest BCUT2D eigenvalue weighted by Gasteiger charge is -2.14. The van der Waals surface area contributed by atoms with Gasteiger partial charge in [0, 0.05) is 16.3 Å². The van der Waals surface area contributed by atoms with E-state index in [2.05, 4.69) is 22.1 Å². The molecule has 3 N–H and O–H groups in total. The molecule has 0 radical (unpaired) electrons. The van der Waals surface area contributed by atoms with Crippen molar-refractivity contribution >= 4 is 44.2 Å². The molecule has 190 valence electrons. The number of carbonyl (C=O) groups is 1. The fourth-order valence-electron chi connectivity index (χ4n) is 3.92. The van der Waals surface area contributed by atoms with Gasteiger partial charge in [0.1, 0.15) is 22.0 Å². The van der Waals surface area contributed by atoms with Crippen LogP contribution in [0.15, 0.2) is 75.9 Å². The number of ether oxygens (including phenoxy) is 1. The Balaban J connectivity index is 1.69. The van der Waals surface area contributed by atoms with Crippen LogP contribution in [-0.2, 0) is 10.1 Å². The molecule has 37 heavy (non-hydrogen) atoms. The van der Waals surface area contributed by atoms with E-state index >= 15 is 0 Å². The summed E-state index contributed by atoms with van der Waals surface area (Å²) in [5.74, 6) is 0.484. The van der Waals surface area contributed by atoms with Crippen LogP contribution in [0.1, 0.15) is 35.7 Å². The maximum Gasteiger partial charge on any atom is 0.295 e. The van der Waals surface area contributed by atoms with Gasteiger partial charge in [0.15, 0.2) is 6.29 Å². The van der Waals surface area contributed by atoms with Crippen molar-refractivity contribution in [1.29, 1.82) is 0 Å². The number of azo groups is 1. The number of benzene rings is 3. The summed E-state index contributed by atoms with van der Waals surface area (Å²) in [6, 6.07) is 14.8. The topological polar surface area (TPSA) is 144 Å². The molecule has 0 aliphatic carbocycles. The Bertz CT molecular complexity index is 1600. The number of carbonyl (C=O) groups excluding carboxylic acids is 1. The minimum Gasteiger partial charge on any atom is -0.492 e. The van der Waals surface area contributed by atoms with Crippen LogP contribution < -0.4 is 10.5 Å². The van der Waals surface area contributed by atoms with E-state index in [0.29, 0.717) is 40.3 Å². The number of nitrogens with two attached hydrogens (primary N) is 1. The van der Waals surface area contributed by atoms with Gasteiger partial charge in [-0.2, -0.15) is 8.42 Å². The molecular formula is C27H26N4O5S. The number of pyridine rings is 1. The van der Waals surface area contributed by atoms with Crippen LogP contribution in [0.4, 0.5) is 17.1 Å². The average Bonchev–Trinajstić information content (AvgIpc) is 2.88. The van der Waals surface area contributed by atoms with Crippen LogP contribution in [-0.4, -0.2) is 30.8 Å². The van der Waals surface area contributed by atoms with E-state index in [1.807, 2.05) is 13.0 Å². The number of fused-ring (bicyclic) bond motifs is 1. The van der Waals surface area contributed by atoms with Crippen molar-refractivity contribution in [2.75, 3.05) is 12.3 Å². The molecule has 0 spiro atoms. The maximum absolute atomic E-state index is 11.9. The van der Waals surface area contributed by atoms with Crippen molar-refractivity contribution in [2.24, 2.45) is 10.2 Å². The first kappa shape index (κ1) is 25.9. The van der Waals surface area contributed by atoms with Crippen LogP contribution in [0.5, 0.6) is 5.75 Å². The Labute approximate surface area is 214 Å². The van der Waals surface area contributed by atoms with Gasteiger partial charge in [-0.25, -0.2) is 0 Å². The lowest BCUT2D eigenvalue weighted by molar-refractivity contribution is 0.111. The molecule has 0 unspecified atom stereocenters. The summed E-state index contributed by atoms with van der Waals surface area (Å²) in [5, 5.41) is 9.00. The first-order valence-electron chi connectivity index (χ1n) is 11.6. The zero-order valence-electron chi connectivity index (χ0n) is 20.4. The van der Waals surface area contributed by atoms with Crippen molar-refractivity contribution in [3.05, 3.63) is 71.9 Å². The molecular weight excluding hydrogens is 492 g/mol. The quantitative estimate of drug-likeness (QED) is 0.0852. The van der Waals surface area contributed by atoms with Gasteiger partial charge in [-0.3, -0.25) is 14.3 Å². The SMILES string of the molecule is CCCCOc1c(C=O)cc(C)cc1-c1ccc(/N=N/c2cc(S(=O)(=O)O)c3ccccc3c2N)cn1. The van der Waals surface area contributed by atoms with Gasteiger partial charge in [0.25, 0.3) is 10.1 Å². The van der Waals surface area contributed by atoms with Gasteiger partial charge < -0.3 is 10.5 Å². The molecule has 10 heteroatoms. The van der Waals surface area contributed by atoms with Gasteiger partial charge in [-0.15, -0.1) is 10.2 Å². The minimum absolute atomic E-state index is 0.0938. The first-order chi connectivity index (χ1) is 17.7. The third kappa shape index (κ3) is 5.65. The summed E-state index contributed by atoms with van der Waals surface area (Å²) in [4.78, 5) is 15.8. The van der Waals surface area contributed by atoms with Gasteiger partial charge >= 0.3 is 0 Å². The molecule has 0 aliphatic heterocycles. The fraction of sp³-hybridized carbons (Fsp3) is 0.185. The second-order valence-corrected chi connectivity index (χ2v) is 9.87. The molecule has 0 saturated heterocycles. The van der Waals surface area contributed by atoms with Gasteiger partial charge in [-0.1, -0.05) is 37.6 Å². The van der Waals surface area contributed by atoms with E-state index < -0.39 is 10.1 Å². The number of hydrogen-bond donors (Lipinski definition) is 2. The predicted molar refractivity (Wildman–Crippen MR) is 143 cm³/mol. The summed E-state index contributed by atoms with van der Waals surface area (Å²) >= 11 is 0. The molecule has 0 saturated carbocycles. The van der Waals surface area contributed by atoms with Crippen LogP contribution >= 0.6 is 0 Å². The molecule has 4 aromatic rings. The number of aldehydes is 1. The van der Waals surface area contributed by atoms with Gasteiger partial charge in [0.2, 0.25) is 0 Å². The first-order valence-corrected chi connectivity index (χ1v) is 13.1. The van der Waals surface area contributed by atoms with Crippen molar-refractivity contribution in [1.82, 2.24) is 4.98 Å². The molecule has 9 nitrogen and oxygen atoms in total. The third-order valence-electron chi connectivity index (χ3n) is 5.73. The van der Waals surface area contributed by atoms with Crippen molar-refractivity contribution in [3.8, 4) is 17.0 Å². The summed E-state index contributed by atoms with van der Waals surface area (Å²) in [7, 11) is -4.52. The molecule has 0 fully saturated rings. The molecule has 0 atom stereocenters. The summed E-state index contributed by atoms with van der Waals surface area (Å²) < 4.78 is 39.5. The highest BCUT2D eigenvalue weighted by Crippen LogP contribution is 2.37. The van der Waals surface area contributed by atoms with E-state index in [-0.39, 0.29) is 21.7 Å². The number of unbranched alkanes of at least 4 members (excludes halogenated alkanes) is 1. The standard InChI is InChI=1S/C27H26N4O5S/c1-3-4-11-36-27-18(16-32)12-17(2)13-22(27)23-10-9-19(15-29-23)30-31-24-14-25(37(33,34)35)20-7-5-6-8-21(20)26(24)28/h5-10,12-16H,3-4,11,28H2,1-2H3,(H,33,34,35)/b31-30+. The lowest BCUT2D eigenvalue weighted by Crippen LogP contribution is -2.02. The number of aryl methyl sites for hydroxylation is 1. The molecule has 0 bridgehead atoms. The zero-order valence-corrected chi connectivity index (χ0v) is 21.2. The van der Waals surface area contributed by atoms with E-state index in [4.69, 9.17) is 10.5 Å². The molecule has 0 amide bonds. The lowest BCUT2D eigenvalue weighted by atomic mass is 10.0. The number of aromatic nitrogens is 1. The number of nitrogens with zero attached hydrogens (tertiary/aromatic N) is 3. The van der Waals surface area contributed by atoms with Crippen LogP contribution in [0.3, 0.4) is 0 Å². The predicted octanol–water partition coefficient (Wildman–Crippen LogP) is 6.45. The summed E-state index contributed by atoms with van der Waals surface area (Å²) in [6.07, 6.45) is 4.09. The second kappa shape index (κ2) is 10.9. The summed E-state index contributed by atoms with van der Waals surface area (Å²) in [5.41, 5.74) is 9.57. The Morgan fingerprint density at radius 3 is 2.49 bits per heavy atom. The smallest absolute Gasteiger partial charge is 0.295 e. The largest absolute Gasteiger partial charge is 0.492 e. The second-order valence-electron chi connectivity index (χ2n) is 8.48. The van der Waals surface area contributed by atoms with E-state index in [9.17, 15) is 17.8 Å². The van der Waals surface area contributed by atoms with E-state index in [0.717, 1.165) is 24.7 Å². The molecule has 1 aromatic heterocycles. The Morgan fingerprint density at radius 2 is 1.84 bits per heavy atom. The van der Waals surface area contributed by atoms with Crippen molar-refractivity contribution in [3.63, 3.8) is 0 Å².